The second kappa shape index (κ2) is 11.2. The predicted octanol–water partition coefficient (Wildman–Crippen LogP) is 4.90. The fourth-order valence-electron chi connectivity index (χ4n) is 1.74. The topological polar surface area (TPSA) is 23.5 Å². The smallest absolute Gasteiger partial charge is 0.0606 e. The quantitative estimate of drug-likeness (QED) is 0.753. The standard InChI is InChI=1S/C17H25NO.C2H6/c1-5-14(2)6-7-15(3)16-8-10-17(11-9-16)18(4)12-13-19;1-2/h6-11,19H,5,12-13H2,1-4H3;1-2H3/b14-6-,15-7+;. The fourth-order valence-corrected chi connectivity index (χ4v) is 1.74. The van der Waals surface area contributed by atoms with Crippen molar-refractivity contribution in [2.45, 2.75) is 41.0 Å². The first-order chi connectivity index (χ1) is 10.1. The fraction of sp³-hybridized carbons (Fsp3) is 0.474. The molecule has 0 heterocycles. The maximum Gasteiger partial charge on any atom is 0.0606 e. The third-order valence-electron chi connectivity index (χ3n) is 3.37. The van der Waals surface area contributed by atoms with Crippen LogP contribution in [0.1, 0.15) is 46.6 Å². The van der Waals surface area contributed by atoms with Crippen LogP contribution in [0.2, 0.25) is 0 Å². The van der Waals surface area contributed by atoms with Gasteiger partial charge in [-0.15, -0.1) is 0 Å². The molecule has 0 fully saturated rings. The van der Waals surface area contributed by atoms with Gasteiger partial charge in [0.15, 0.2) is 0 Å². The molecular formula is C19H31NO. The van der Waals surface area contributed by atoms with Crippen molar-refractivity contribution >= 4 is 11.3 Å². The average Bonchev–Trinajstić information content (AvgIpc) is 2.54. The van der Waals surface area contributed by atoms with Gasteiger partial charge in [-0.1, -0.05) is 50.6 Å². The van der Waals surface area contributed by atoms with Crippen LogP contribution in [0.4, 0.5) is 5.69 Å². The van der Waals surface area contributed by atoms with E-state index in [2.05, 4.69) is 57.2 Å². The number of benzene rings is 1. The molecule has 1 N–H and O–H groups in total. The van der Waals surface area contributed by atoms with Gasteiger partial charge >= 0.3 is 0 Å². The van der Waals surface area contributed by atoms with Gasteiger partial charge in [0, 0.05) is 19.3 Å². The molecule has 0 saturated heterocycles. The van der Waals surface area contributed by atoms with E-state index < -0.39 is 0 Å². The Labute approximate surface area is 130 Å². The van der Waals surface area contributed by atoms with Crippen molar-refractivity contribution in [2.75, 3.05) is 25.1 Å². The monoisotopic (exact) mass is 289 g/mol. The van der Waals surface area contributed by atoms with Crippen LogP contribution in [0.3, 0.4) is 0 Å². The van der Waals surface area contributed by atoms with E-state index in [1.807, 2.05) is 25.8 Å². The van der Waals surface area contributed by atoms with Crippen LogP contribution in [-0.2, 0) is 0 Å². The van der Waals surface area contributed by atoms with E-state index in [4.69, 9.17) is 5.11 Å². The number of hydrogen-bond acceptors (Lipinski definition) is 2. The minimum Gasteiger partial charge on any atom is -0.395 e. The molecule has 0 aliphatic heterocycles. The summed E-state index contributed by atoms with van der Waals surface area (Å²) < 4.78 is 0. The number of anilines is 1. The molecular weight excluding hydrogens is 258 g/mol. The lowest BCUT2D eigenvalue weighted by Crippen LogP contribution is -2.20. The molecule has 1 aromatic carbocycles. The van der Waals surface area contributed by atoms with Crippen molar-refractivity contribution in [1.29, 1.82) is 0 Å². The maximum atomic E-state index is 8.93. The molecule has 2 heteroatoms. The molecule has 0 bridgehead atoms. The van der Waals surface area contributed by atoms with Crippen molar-refractivity contribution in [1.82, 2.24) is 0 Å². The Balaban J connectivity index is 0.00000191. The molecule has 0 saturated carbocycles. The highest BCUT2D eigenvalue weighted by molar-refractivity contribution is 5.67. The van der Waals surface area contributed by atoms with E-state index in [0.29, 0.717) is 6.54 Å². The van der Waals surface area contributed by atoms with E-state index in [-0.39, 0.29) is 6.61 Å². The van der Waals surface area contributed by atoms with Gasteiger partial charge in [0.2, 0.25) is 0 Å². The number of aliphatic hydroxyl groups is 1. The normalized spacial score (nSPS) is 11.8. The van der Waals surface area contributed by atoms with Crippen molar-refractivity contribution in [3.05, 3.63) is 47.6 Å². The Morgan fingerprint density at radius 2 is 1.67 bits per heavy atom. The Morgan fingerprint density at radius 3 is 2.14 bits per heavy atom. The van der Waals surface area contributed by atoms with Crippen LogP contribution in [-0.4, -0.2) is 25.3 Å². The molecule has 1 rings (SSSR count). The van der Waals surface area contributed by atoms with Crippen LogP contribution in [0.5, 0.6) is 0 Å². The van der Waals surface area contributed by atoms with Crippen LogP contribution in [0.15, 0.2) is 42.0 Å². The number of allylic oxidation sites excluding steroid dienone is 4. The first-order valence-electron chi connectivity index (χ1n) is 7.85. The van der Waals surface area contributed by atoms with Gasteiger partial charge < -0.3 is 10.0 Å². The van der Waals surface area contributed by atoms with Crippen LogP contribution < -0.4 is 4.90 Å². The summed E-state index contributed by atoms with van der Waals surface area (Å²) in [6, 6.07) is 8.45. The van der Waals surface area contributed by atoms with Crippen LogP contribution in [0.25, 0.3) is 5.57 Å². The van der Waals surface area contributed by atoms with Gasteiger partial charge in [-0.05, 0) is 43.5 Å². The van der Waals surface area contributed by atoms with Crippen molar-refractivity contribution in [3.63, 3.8) is 0 Å². The Morgan fingerprint density at radius 1 is 1.10 bits per heavy atom. The first-order valence-corrected chi connectivity index (χ1v) is 7.85. The zero-order valence-corrected chi connectivity index (χ0v) is 14.5. The van der Waals surface area contributed by atoms with E-state index in [1.54, 1.807) is 0 Å². The number of nitrogens with zero attached hydrogens (tertiary/aromatic N) is 1. The lowest BCUT2D eigenvalue weighted by atomic mass is 10.1. The third-order valence-corrected chi connectivity index (χ3v) is 3.37. The van der Waals surface area contributed by atoms with Gasteiger partial charge in [-0.2, -0.15) is 0 Å². The highest BCUT2D eigenvalue weighted by Crippen LogP contribution is 2.19. The molecule has 2 nitrogen and oxygen atoms in total. The highest BCUT2D eigenvalue weighted by Gasteiger charge is 2.00. The van der Waals surface area contributed by atoms with E-state index in [0.717, 1.165) is 12.1 Å². The predicted molar refractivity (Wildman–Crippen MR) is 95.8 cm³/mol. The number of hydrogen-bond donors (Lipinski definition) is 1. The van der Waals surface area contributed by atoms with Crippen molar-refractivity contribution in [3.8, 4) is 0 Å². The zero-order chi connectivity index (χ0) is 16.3. The molecule has 118 valence electrons. The molecule has 0 unspecified atom stereocenters. The summed E-state index contributed by atoms with van der Waals surface area (Å²) in [6.45, 7) is 11.3. The molecule has 0 amide bonds. The molecule has 1 aromatic rings. The number of rotatable bonds is 6. The van der Waals surface area contributed by atoms with Gasteiger partial charge in [0.25, 0.3) is 0 Å². The summed E-state index contributed by atoms with van der Waals surface area (Å²) in [7, 11) is 1.99. The summed E-state index contributed by atoms with van der Waals surface area (Å²) in [4.78, 5) is 2.05. The molecule has 21 heavy (non-hydrogen) atoms. The second-order valence-electron chi connectivity index (χ2n) is 4.91. The van der Waals surface area contributed by atoms with Gasteiger partial charge in [-0.3, -0.25) is 0 Å². The molecule has 0 aromatic heterocycles. The van der Waals surface area contributed by atoms with Gasteiger partial charge in [0.1, 0.15) is 0 Å². The van der Waals surface area contributed by atoms with Crippen molar-refractivity contribution in [2.24, 2.45) is 0 Å². The third kappa shape index (κ3) is 7.14. The van der Waals surface area contributed by atoms with E-state index in [9.17, 15) is 0 Å². The molecule has 0 aliphatic rings. The highest BCUT2D eigenvalue weighted by atomic mass is 16.3. The number of aliphatic hydroxyl groups excluding tert-OH is 1. The number of likely N-dealkylation sites (N-methyl/N-ethyl adjacent to an activating group) is 1. The summed E-state index contributed by atoms with van der Waals surface area (Å²) in [5, 5.41) is 8.93. The lowest BCUT2D eigenvalue weighted by molar-refractivity contribution is 0.304. The summed E-state index contributed by atoms with van der Waals surface area (Å²) >= 11 is 0. The minimum absolute atomic E-state index is 0.179. The van der Waals surface area contributed by atoms with Crippen molar-refractivity contribution < 1.29 is 5.11 Å². The average molecular weight is 289 g/mol. The second-order valence-corrected chi connectivity index (χ2v) is 4.91. The van der Waals surface area contributed by atoms with Crippen LogP contribution in [0, 0.1) is 0 Å². The van der Waals surface area contributed by atoms with Gasteiger partial charge in [-0.25, -0.2) is 0 Å². The Hall–Kier alpha value is -1.54. The minimum atomic E-state index is 0.179. The molecule has 0 atom stereocenters. The molecule has 0 spiro atoms. The SMILES string of the molecule is CC.CC/C(C)=C\C=C(/C)c1ccc(N(C)CCO)cc1. The Kier molecular flexibility index (Phi) is 10.3. The maximum absolute atomic E-state index is 8.93. The van der Waals surface area contributed by atoms with Gasteiger partial charge in [0.05, 0.1) is 6.61 Å². The summed E-state index contributed by atoms with van der Waals surface area (Å²) in [5.41, 5.74) is 5.02. The van der Waals surface area contributed by atoms with E-state index >= 15 is 0 Å². The lowest BCUT2D eigenvalue weighted by Gasteiger charge is -2.18. The first kappa shape index (κ1) is 19.5. The Bertz CT molecular complexity index is 443. The molecule has 0 radical (unpaired) electrons. The largest absolute Gasteiger partial charge is 0.395 e. The van der Waals surface area contributed by atoms with Crippen LogP contribution >= 0.6 is 0 Å². The molecule has 0 aliphatic carbocycles. The summed E-state index contributed by atoms with van der Waals surface area (Å²) in [5.74, 6) is 0. The summed E-state index contributed by atoms with van der Waals surface area (Å²) in [6.07, 6.45) is 5.45. The van der Waals surface area contributed by atoms with E-state index in [1.165, 1.54) is 16.7 Å². The zero-order valence-electron chi connectivity index (χ0n) is 14.5.